The number of nitrogens with zero attached hydrogens (tertiary/aromatic N) is 1. The van der Waals surface area contributed by atoms with Crippen LogP contribution in [0.1, 0.15) is 20.3 Å². The third kappa shape index (κ3) is 2.44. The number of aliphatic hydroxyl groups excluding tert-OH is 1. The predicted molar refractivity (Wildman–Crippen MR) is 50.2 cm³/mol. The van der Waals surface area contributed by atoms with Gasteiger partial charge in [-0.1, -0.05) is 0 Å². The van der Waals surface area contributed by atoms with Gasteiger partial charge in [-0.15, -0.1) is 0 Å². The van der Waals surface area contributed by atoms with E-state index in [4.69, 9.17) is 5.11 Å². The van der Waals surface area contributed by atoms with E-state index in [1.807, 2.05) is 0 Å². The average molecular weight is 172 g/mol. The second-order valence-corrected chi connectivity index (χ2v) is 3.70. The molecule has 0 aromatic carbocycles. The minimum absolute atomic E-state index is 0.301. The van der Waals surface area contributed by atoms with Crippen molar-refractivity contribution in [1.82, 2.24) is 10.2 Å². The number of piperazine rings is 1. The number of aliphatic hydroxyl groups is 1. The van der Waals surface area contributed by atoms with Crippen LogP contribution < -0.4 is 5.32 Å². The van der Waals surface area contributed by atoms with E-state index >= 15 is 0 Å². The predicted octanol–water partition coefficient (Wildman–Crippen LogP) is 0.0510. The van der Waals surface area contributed by atoms with Crippen LogP contribution >= 0.6 is 0 Å². The maximum Gasteiger partial charge on any atom is 0.0446 e. The van der Waals surface area contributed by atoms with Crippen molar-refractivity contribution < 1.29 is 5.11 Å². The fraction of sp³-hybridized carbons (Fsp3) is 1.00. The molecule has 1 aliphatic heterocycles. The molecule has 12 heavy (non-hydrogen) atoms. The second-order valence-electron chi connectivity index (χ2n) is 3.70. The lowest BCUT2D eigenvalue weighted by Gasteiger charge is -2.38. The summed E-state index contributed by atoms with van der Waals surface area (Å²) in [6.07, 6.45) is 0.894. The van der Waals surface area contributed by atoms with Gasteiger partial charge in [-0.2, -0.15) is 0 Å². The van der Waals surface area contributed by atoms with Gasteiger partial charge in [0.05, 0.1) is 0 Å². The van der Waals surface area contributed by atoms with E-state index in [-0.39, 0.29) is 0 Å². The largest absolute Gasteiger partial charge is 0.396 e. The second kappa shape index (κ2) is 4.80. The van der Waals surface area contributed by atoms with Crippen LogP contribution in [-0.4, -0.2) is 48.3 Å². The summed E-state index contributed by atoms with van der Waals surface area (Å²) in [5.41, 5.74) is 0. The highest BCUT2D eigenvalue weighted by atomic mass is 16.3. The summed E-state index contributed by atoms with van der Waals surface area (Å²) in [4.78, 5) is 2.46. The average Bonchev–Trinajstić information content (AvgIpc) is 2.05. The van der Waals surface area contributed by atoms with Gasteiger partial charge in [0.25, 0.3) is 0 Å². The zero-order valence-electron chi connectivity index (χ0n) is 8.08. The fourth-order valence-electron chi connectivity index (χ4n) is 1.87. The van der Waals surface area contributed by atoms with Crippen molar-refractivity contribution in [2.75, 3.05) is 26.2 Å². The Labute approximate surface area is 74.8 Å². The van der Waals surface area contributed by atoms with Crippen molar-refractivity contribution in [2.45, 2.75) is 32.4 Å². The molecule has 0 radical (unpaired) electrons. The summed E-state index contributed by atoms with van der Waals surface area (Å²) in [6.45, 7) is 7.96. The normalized spacial score (nSPS) is 26.5. The van der Waals surface area contributed by atoms with E-state index in [0.29, 0.717) is 18.7 Å². The number of rotatable bonds is 3. The van der Waals surface area contributed by atoms with Gasteiger partial charge < -0.3 is 10.4 Å². The van der Waals surface area contributed by atoms with Gasteiger partial charge in [0.15, 0.2) is 0 Å². The van der Waals surface area contributed by atoms with Crippen molar-refractivity contribution in [3.63, 3.8) is 0 Å². The molecule has 0 spiro atoms. The monoisotopic (exact) mass is 172 g/mol. The molecule has 0 amide bonds. The summed E-state index contributed by atoms with van der Waals surface area (Å²) < 4.78 is 0. The van der Waals surface area contributed by atoms with Crippen LogP contribution in [-0.2, 0) is 0 Å². The van der Waals surface area contributed by atoms with Crippen molar-refractivity contribution in [3.8, 4) is 0 Å². The minimum Gasteiger partial charge on any atom is -0.396 e. The molecule has 0 aromatic rings. The van der Waals surface area contributed by atoms with Crippen LogP contribution in [0.25, 0.3) is 0 Å². The molecule has 1 saturated heterocycles. The van der Waals surface area contributed by atoms with Gasteiger partial charge in [0, 0.05) is 38.3 Å². The first-order valence-corrected chi connectivity index (χ1v) is 4.83. The lowest BCUT2D eigenvalue weighted by molar-refractivity contribution is 0.101. The minimum atomic E-state index is 0.301. The summed E-state index contributed by atoms with van der Waals surface area (Å²) in [5, 5.41) is 12.2. The van der Waals surface area contributed by atoms with Crippen LogP contribution in [0.5, 0.6) is 0 Å². The Morgan fingerprint density at radius 2 is 2.33 bits per heavy atom. The van der Waals surface area contributed by atoms with Crippen LogP contribution in [0.3, 0.4) is 0 Å². The molecule has 0 unspecified atom stereocenters. The first-order chi connectivity index (χ1) is 5.75. The van der Waals surface area contributed by atoms with Crippen LogP contribution in [0.4, 0.5) is 0 Å². The highest BCUT2D eigenvalue weighted by Crippen LogP contribution is 2.10. The molecular weight excluding hydrogens is 152 g/mol. The van der Waals surface area contributed by atoms with Crippen molar-refractivity contribution in [3.05, 3.63) is 0 Å². The molecule has 1 heterocycles. The number of hydrogen-bond acceptors (Lipinski definition) is 3. The van der Waals surface area contributed by atoms with E-state index in [9.17, 15) is 0 Å². The first-order valence-electron chi connectivity index (χ1n) is 4.83. The van der Waals surface area contributed by atoms with Crippen LogP contribution in [0.2, 0.25) is 0 Å². The summed E-state index contributed by atoms with van der Waals surface area (Å²) in [6, 6.07) is 1.13. The Kier molecular flexibility index (Phi) is 3.98. The molecule has 1 rings (SSSR count). The lowest BCUT2D eigenvalue weighted by atomic mass is 10.1. The molecule has 0 aliphatic carbocycles. The maximum atomic E-state index is 8.86. The van der Waals surface area contributed by atoms with Gasteiger partial charge in [-0.3, -0.25) is 4.90 Å². The van der Waals surface area contributed by atoms with E-state index in [1.54, 1.807) is 0 Å². The molecule has 3 nitrogen and oxygen atoms in total. The third-order valence-corrected chi connectivity index (χ3v) is 2.52. The molecule has 1 aliphatic rings. The highest BCUT2D eigenvalue weighted by Gasteiger charge is 2.23. The van der Waals surface area contributed by atoms with E-state index < -0.39 is 0 Å². The highest BCUT2D eigenvalue weighted by molar-refractivity contribution is 4.81. The zero-order chi connectivity index (χ0) is 8.97. The van der Waals surface area contributed by atoms with E-state index in [0.717, 1.165) is 26.1 Å². The Morgan fingerprint density at radius 1 is 1.58 bits per heavy atom. The Bertz CT molecular complexity index is 126. The first kappa shape index (κ1) is 9.96. The summed E-state index contributed by atoms with van der Waals surface area (Å²) in [5.74, 6) is 0. The van der Waals surface area contributed by atoms with Gasteiger partial charge in [-0.05, 0) is 20.3 Å². The SMILES string of the molecule is CC(C)N1CCNC[C@@H]1CCO. The molecule has 1 atom stereocenters. The van der Waals surface area contributed by atoms with Gasteiger partial charge >= 0.3 is 0 Å². The standard InChI is InChI=1S/C9H20N2O/c1-8(2)11-5-4-10-7-9(11)3-6-12/h8-10,12H,3-7H2,1-2H3/t9-/m0/s1. The van der Waals surface area contributed by atoms with Crippen LogP contribution in [0, 0.1) is 0 Å². The van der Waals surface area contributed by atoms with Crippen LogP contribution in [0.15, 0.2) is 0 Å². The smallest absolute Gasteiger partial charge is 0.0446 e. The van der Waals surface area contributed by atoms with Crippen molar-refractivity contribution in [2.24, 2.45) is 0 Å². The molecule has 72 valence electrons. The lowest BCUT2D eigenvalue weighted by Crippen LogP contribution is -2.54. The molecule has 3 heteroatoms. The third-order valence-electron chi connectivity index (χ3n) is 2.52. The van der Waals surface area contributed by atoms with Crippen molar-refractivity contribution in [1.29, 1.82) is 0 Å². The number of nitrogens with one attached hydrogen (secondary N) is 1. The fourth-order valence-corrected chi connectivity index (χ4v) is 1.87. The van der Waals surface area contributed by atoms with E-state index in [1.165, 1.54) is 0 Å². The summed E-state index contributed by atoms with van der Waals surface area (Å²) >= 11 is 0. The quantitative estimate of drug-likeness (QED) is 0.631. The zero-order valence-corrected chi connectivity index (χ0v) is 8.08. The Balaban J connectivity index is 2.42. The molecule has 1 fully saturated rings. The topological polar surface area (TPSA) is 35.5 Å². The Morgan fingerprint density at radius 3 is 2.92 bits per heavy atom. The maximum absolute atomic E-state index is 8.86. The van der Waals surface area contributed by atoms with Crippen molar-refractivity contribution >= 4 is 0 Å². The molecule has 2 N–H and O–H groups in total. The Hall–Kier alpha value is -0.120. The number of hydrogen-bond donors (Lipinski definition) is 2. The molecule has 0 bridgehead atoms. The molecular formula is C9H20N2O. The molecule has 0 saturated carbocycles. The molecule has 0 aromatic heterocycles. The summed E-state index contributed by atoms with van der Waals surface area (Å²) in [7, 11) is 0. The van der Waals surface area contributed by atoms with Gasteiger partial charge in [0.2, 0.25) is 0 Å². The van der Waals surface area contributed by atoms with Gasteiger partial charge in [0.1, 0.15) is 0 Å². The van der Waals surface area contributed by atoms with Gasteiger partial charge in [-0.25, -0.2) is 0 Å². The van der Waals surface area contributed by atoms with E-state index in [2.05, 4.69) is 24.1 Å².